The summed E-state index contributed by atoms with van der Waals surface area (Å²) in [5.74, 6) is 0.244. The van der Waals surface area contributed by atoms with E-state index in [-0.39, 0.29) is 5.91 Å². The van der Waals surface area contributed by atoms with E-state index in [0.717, 1.165) is 29.9 Å². The van der Waals surface area contributed by atoms with E-state index in [4.69, 9.17) is 0 Å². The molecule has 0 aliphatic carbocycles. The van der Waals surface area contributed by atoms with Crippen LogP contribution in [0.4, 0.5) is 0 Å². The molecule has 0 bridgehead atoms. The van der Waals surface area contributed by atoms with Gasteiger partial charge in [0.25, 0.3) is 0 Å². The van der Waals surface area contributed by atoms with Crippen molar-refractivity contribution in [3.63, 3.8) is 0 Å². The summed E-state index contributed by atoms with van der Waals surface area (Å²) in [6.45, 7) is 1.64. The summed E-state index contributed by atoms with van der Waals surface area (Å²) in [6, 6.07) is 12.8. The highest BCUT2D eigenvalue weighted by Gasteiger charge is 2.42. The second-order valence-corrected chi connectivity index (χ2v) is 5.79. The van der Waals surface area contributed by atoms with Crippen molar-refractivity contribution in [2.75, 3.05) is 6.54 Å². The number of aromatic amines is 1. The lowest BCUT2D eigenvalue weighted by molar-refractivity contribution is -0.129. The summed E-state index contributed by atoms with van der Waals surface area (Å²) in [5.41, 5.74) is 3.02. The number of hydrogen-bond acceptors (Lipinski definition) is 3. The van der Waals surface area contributed by atoms with Gasteiger partial charge in [-0.1, -0.05) is 30.3 Å². The zero-order valence-corrected chi connectivity index (χ0v) is 11.7. The average molecular weight is 282 g/mol. The molecule has 2 atom stereocenters. The smallest absolute Gasteiger partial charge is 0.224 e. The molecule has 108 valence electrons. The molecule has 21 heavy (non-hydrogen) atoms. The standard InChI is InChI=1S/C16H18N4O/c21-16-9-14-15(6-7-17-14)20(16)10-12-8-13(19-18-12)11-4-2-1-3-5-11/h1-5,8,14-15,17H,6-7,9-10H2,(H,18,19)/t14-,15-/m1/s1. The molecule has 0 saturated carbocycles. The molecule has 1 amide bonds. The van der Waals surface area contributed by atoms with Crippen LogP contribution in [0.3, 0.4) is 0 Å². The Bertz CT molecular complexity index is 651. The van der Waals surface area contributed by atoms with Gasteiger partial charge in [-0.15, -0.1) is 0 Å². The number of likely N-dealkylation sites (tertiary alicyclic amines) is 1. The third-order valence-electron chi connectivity index (χ3n) is 4.47. The molecule has 4 rings (SSSR count). The van der Waals surface area contributed by atoms with E-state index < -0.39 is 0 Å². The normalized spacial score (nSPS) is 24.6. The topological polar surface area (TPSA) is 61.0 Å². The maximum Gasteiger partial charge on any atom is 0.224 e. The van der Waals surface area contributed by atoms with Crippen LogP contribution < -0.4 is 5.32 Å². The Kier molecular flexibility index (Phi) is 3.00. The largest absolute Gasteiger partial charge is 0.332 e. The number of carbonyl (C=O) groups is 1. The van der Waals surface area contributed by atoms with Crippen molar-refractivity contribution in [2.45, 2.75) is 31.5 Å². The predicted molar refractivity (Wildman–Crippen MR) is 79.4 cm³/mol. The summed E-state index contributed by atoms with van der Waals surface area (Å²) in [6.07, 6.45) is 1.68. The van der Waals surface area contributed by atoms with Crippen molar-refractivity contribution in [3.05, 3.63) is 42.1 Å². The number of rotatable bonds is 3. The number of benzene rings is 1. The Morgan fingerprint density at radius 1 is 1.29 bits per heavy atom. The number of fused-ring (bicyclic) bond motifs is 1. The Morgan fingerprint density at radius 2 is 2.14 bits per heavy atom. The van der Waals surface area contributed by atoms with Gasteiger partial charge in [0, 0.05) is 24.1 Å². The van der Waals surface area contributed by atoms with E-state index in [2.05, 4.69) is 15.5 Å². The lowest BCUT2D eigenvalue weighted by Gasteiger charge is -2.22. The second kappa shape index (κ2) is 5.00. The van der Waals surface area contributed by atoms with E-state index >= 15 is 0 Å². The van der Waals surface area contributed by atoms with Crippen LogP contribution in [0.1, 0.15) is 18.5 Å². The highest BCUT2D eigenvalue weighted by atomic mass is 16.2. The molecule has 2 saturated heterocycles. The maximum atomic E-state index is 12.1. The minimum absolute atomic E-state index is 0.244. The van der Waals surface area contributed by atoms with Crippen molar-refractivity contribution in [3.8, 4) is 11.3 Å². The zero-order valence-electron chi connectivity index (χ0n) is 11.7. The zero-order chi connectivity index (χ0) is 14.2. The molecular weight excluding hydrogens is 264 g/mol. The molecule has 2 aliphatic rings. The molecule has 3 heterocycles. The quantitative estimate of drug-likeness (QED) is 0.897. The fraction of sp³-hybridized carbons (Fsp3) is 0.375. The van der Waals surface area contributed by atoms with Crippen molar-refractivity contribution < 1.29 is 4.79 Å². The average Bonchev–Trinajstić information content (AvgIpc) is 3.19. The van der Waals surface area contributed by atoms with E-state index in [9.17, 15) is 4.79 Å². The molecule has 5 nitrogen and oxygen atoms in total. The van der Waals surface area contributed by atoms with Gasteiger partial charge < -0.3 is 10.2 Å². The molecule has 0 spiro atoms. The number of nitrogens with zero attached hydrogens (tertiary/aromatic N) is 2. The molecule has 2 fully saturated rings. The maximum absolute atomic E-state index is 12.1. The molecule has 0 radical (unpaired) electrons. The van der Waals surface area contributed by atoms with Crippen LogP contribution in [0.15, 0.2) is 36.4 Å². The van der Waals surface area contributed by atoms with Crippen LogP contribution in [0.5, 0.6) is 0 Å². The van der Waals surface area contributed by atoms with E-state index in [0.29, 0.717) is 25.0 Å². The fourth-order valence-electron chi connectivity index (χ4n) is 3.41. The molecule has 2 aliphatic heterocycles. The monoisotopic (exact) mass is 282 g/mol. The number of H-pyrrole nitrogens is 1. The molecule has 1 aromatic carbocycles. The highest BCUT2D eigenvalue weighted by molar-refractivity contribution is 5.80. The van der Waals surface area contributed by atoms with Crippen LogP contribution in [0.25, 0.3) is 11.3 Å². The lowest BCUT2D eigenvalue weighted by atomic mass is 10.1. The van der Waals surface area contributed by atoms with Gasteiger partial charge >= 0.3 is 0 Å². The van der Waals surface area contributed by atoms with Gasteiger partial charge in [0.2, 0.25) is 5.91 Å². The van der Waals surface area contributed by atoms with Gasteiger partial charge in [-0.3, -0.25) is 9.89 Å². The van der Waals surface area contributed by atoms with E-state index in [1.807, 2.05) is 41.3 Å². The SMILES string of the molecule is O=C1C[C@H]2NCC[C@H]2N1Cc1cc(-c2ccccc2)n[nH]1. The van der Waals surface area contributed by atoms with Crippen LogP contribution >= 0.6 is 0 Å². The molecule has 5 heteroatoms. The van der Waals surface area contributed by atoms with Crippen LogP contribution in [0, 0.1) is 0 Å². The number of nitrogens with one attached hydrogen (secondary N) is 2. The number of hydrogen-bond donors (Lipinski definition) is 2. The third-order valence-corrected chi connectivity index (χ3v) is 4.47. The molecule has 2 N–H and O–H groups in total. The highest BCUT2D eigenvalue weighted by Crippen LogP contribution is 2.28. The molecule has 1 aromatic heterocycles. The number of amides is 1. The first kappa shape index (κ1) is 12.6. The first-order chi connectivity index (χ1) is 10.3. The van der Waals surface area contributed by atoms with Gasteiger partial charge in [0.15, 0.2) is 0 Å². The van der Waals surface area contributed by atoms with Crippen LogP contribution in [0.2, 0.25) is 0 Å². The molecule has 0 unspecified atom stereocenters. The fourth-order valence-corrected chi connectivity index (χ4v) is 3.41. The predicted octanol–water partition coefficient (Wildman–Crippen LogP) is 1.54. The molecule has 2 aromatic rings. The van der Waals surface area contributed by atoms with Gasteiger partial charge in [0.05, 0.1) is 17.9 Å². The van der Waals surface area contributed by atoms with E-state index in [1.165, 1.54) is 0 Å². The summed E-state index contributed by atoms with van der Waals surface area (Å²) in [5, 5.41) is 10.8. The summed E-state index contributed by atoms with van der Waals surface area (Å²) < 4.78 is 0. The van der Waals surface area contributed by atoms with E-state index in [1.54, 1.807) is 0 Å². The Morgan fingerprint density at radius 3 is 3.00 bits per heavy atom. The van der Waals surface area contributed by atoms with Gasteiger partial charge in [-0.25, -0.2) is 0 Å². The first-order valence-corrected chi connectivity index (χ1v) is 7.44. The summed E-state index contributed by atoms with van der Waals surface area (Å²) in [7, 11) is 0. The Balaban J connectivity index is 1.53. The number of carbonyl (C=O) groups excluding carboxylic acids is 1. The second-order valence-electron chi connectivity index (χ2n) is 5.79. The minimum Gasteiger partial charge on any atom is -0.332 e. The van der Waals surface area contributed by atoms with Gasteiger partial charge in [0.1, 0.15) is 0 Å². The Labute approximate surface area is 123 Å². The van der Waals surface area contributed by atoms with Crippen molar-refractivity contribution in [2.24, 2.45) is 0 Å². The Hall–Kier alpha value is -2.14. The summed E-state index contributed by atoms with van der Waals surface area (Å²) >= 11 is 0. The van der Waals surface area contributed by atoms with Crippen molar-refractivity contribution >= 4 is 5.91 Å². The lowest BCUT2D eigenvalue weighted by Crippen LogP contribution is -2.35. The number of aromatic nitrogens is 2. The minimum atomic E-state index is 0.244. The van der Waals surface area contributed by atoms with Crippen LogP contribution in [-0.4, -0.2) is 39.6 Å². The molecular formula is C16H18N4O. The van der Waals surface area contributed by atoms with Crippen molar-refractivity contribution in [1.29, 1.82) is 0 Å². The summed E-state index contributed by atoms with van der Waals surface area (Å²) in [4.78, 5) is 14.1. The van der Waals surface area contributed by atoms with Crippen LogP contribution in [-0.2, 0) is 11.3 Å². The van der Waals surface area contributed by atoms with Gasteiger partial charge in [-0.05, 0) is 19.0 Å². The van der Waals surface area contributed by atoms with Crippen molar-refractivity contribution in [1.82, 2.24) is 20.4 Å². The third kappa shape index (κ3) is 2.23. The first-order valence-electron chi connectivity index (χ1n) is 7.44. The van der Waals surface area contributed by atoms with Gasteiger partial charge in [-0.2, -0.15) is 5.10 Å².